The lowest BCUT2D eigenvalue weighted by atomic mass is 10.0. The molecule has 0 bridgehead atoms. The quantitative estimate of drug-likeness (QED) is 0.0800. The number of hydrogen-bond donors (Lipinski definition) is 6. The summed E-state index contributed by atoms with van der Waals surface area (Å²) >= 11 is 0. The van der Waals surface area contributed by atoms with Gasteiger partial charge in [0.05, 0.1) is 12.1 Å². The summed E-state index contributed by atoms with van der Waals surface area (Å²) in [4.78, 5) is 66.4. The van der Waals surface area contributed by atoms with Gasteiger partial charge in [0.1, 0.15) is 23.3 Å². The molecule has 0 aliphatic carbocycles. The molecule has 254 valence electrons. The Bertz CT molecular complexity index is 1500. The second kappa shape index (κ2) is 15.9. The standard InChI is InChI=1S/C29H40F3N7O7/c1-15(2)11-20(38-27(44)46-28(3,4)5)24(42)36-14-22(40)39-25(43)19(7-6-10-35-26(33)34)37-16-8-9-17-18(29(30,31)32)13-23(41)45-21(17)12-16/h8-9,12-13,15,19-20,37H,6-7,10-11,14H2,1-5H3,(H,36,42)(H,38,44)(H4,33,34,35)(H,39,40,43)/t19-,20-/m0/s1. The van der Waals surface area contributed by atoms with Crippen molar-refractivity contribution in [3.8, 4) is 0 Å². The summed E-state index contributed by atoms with van der Waals surface area (Å²) in [6, 6.07) is 1.65. The summed E-state index contributed by atoms with van der Waals surface area (Å²) in [6.45, 7) is 8.17. The second-order valence-electron chi connectivity index (χ2n) is 11.8. The van der Waals surface area contributed by atoms with Gasteiger partial charge in [-0.15, -0.1) is 0 Å². The first-order valence-corrected chi connectivity index (χ1v) is 14.3. The van der Waals surface area contributed by atoms with Crippen LogP contribution in [0.25, 0.3) is 11.0 Å². The van der Waals surface area contributed by atoms with Crippen LogP contribution in [0.2, 0.25) is 0 Å². The number of amides is 4. The Morgan fingerprint density at radius 3 is 2.28 bits per heavy atom. The van der Waals surface area contributed by atoms with Crippen LogP contribution in [0.3, 0.4) is 0 Å². The average molecular weight is 656 g/mol. The van der Waals surface area contributed by atoms with E-state index in [1.54, 1.807) is 20.8 Å². The number of carbonyl (C=O) groups excluding carboxylic acids is 4. The number of guanidine groups is 1. The van der Waals surface area contributed by atoms with Gasteiger partial charge in [0.2, 0.25) is 17.7 Å². The van der Waals surface area contributed by atoms with E-state index in [2.05, 4.69) is 26.3 Å². The summed E-state index contributed by atoms with van der Waals surface area (Å²) in [7, 11) is 0. The van der Waals surface area contributed by atoms with Gasteiger partial charge in [0.15, 0.2) is 5.96 Å². The normalized spacial score (nSPS) is 13.0. The number of rotatable bonds is 13. The number of benzene rings is 1. The van der Waals surface area contributed by atoms with Crippen molar-refractivity contribution >= 4 is 46.4 Å². The number of nitrogens with two attached hydrogens (primary N) is 2. The van der Waals surface area contributed by atoms with Crippen LogP contribution in [0.4, 0.5) is 23.7 Å². The molecule has 0 unspecified atom stereocenters. The number of halogens is 3. The van der Waals surface area contributed by atoms with Crippen LogP contribution in [-0.2, 0) is 25.3 Å². The van der Waals surface area contributed by atoms with Crippen molar-refractivity contribution in [1.29, 1.82) is 0 Å². The van der Waals surface area contributed by atoms with Crippen LogP contribution in [0.5, 0.6) is 0 Å². The molecule has 46 heavy (non-hydrogen) atoms. The highest BCUT2D eigenvalue weighted by Crippen LogP contribution is 2.34. The third kappa shape index (κ3) is 12.6. The lowest BCUT2D eigenvalue weighted by Crippen LogP contribution is -2.51. The van der Waals surface area contributed by atoms with Gasteiger partial charge in [-0.2, -0.15) is 13.2 Å². The molecular weight excluding hydrogens is 615 g/mol. The highest BCUT2D eigenvalue weighted by atomic mass is 19.4. The van der Waals surface area contributed by atoms with Gasteiger partial charge < -0.3 is 36.6 Å². The molecule has 0 saturated heterocycles. The van der Waals surface area contributed by atoms with Gasteiger partial charge >= 0.3 is 17.9 Å². The predicted molar refractivity (Wildman–Crippen MR) is 164 cm³/mol. The number of fused-ring (bicyclic) bond motifs is 1. The van der Waals surface area contributed by atoms with Crippen molar-refractivity contribution in [3.63, 3.8) is 0 Å². The molecule has 0 aliphatic heterocycles. The second-order valence-corrected chi connectivity index (χ2v) is 11.8. The Morgan fingerprint density at radius 1 is 1.02 bits per heavy atom. The minimum absolute atomic E-state index is 0.00457. The molecule has 2 atom stereocenters. The van der Waals surface area contributed by atoms with E-state index in [0.29, 0.717) is 6.07 Å². The molecular formula is C29H40F3N7O7. The maximum atomic E-state index is 13.4. The summed E-state index contributed by atoms with van der Waals surface area (Å²) in [5, 5.41) is 9.47. The van der Waals surface area contributed by atoms with Crippen LogP contribution in [0.15, 0.2) is 38.5 Å². The predicted octanol–water partition coefficient (Wildman–Crippen LogP) is 2.34. The van der Waals surface area contributed by atoms with Crippen molar-refractivity contribution in [3.05, 3.63) is 40.2 Å². The summed E-state index contributed by atoms with van der Waals surface area (Å²) in [5.74, 6) is -2.57. The van der Waals surface area contributed by atoms with E-state index in [1.807, 2.05) is 13.8 Å². The fourth-order valence-electron chi connectivity index (χ4n) is 4.17. The third-order valence-electron chi connectivity index (χ3n) is 6.05. The molecule has 2 aromatic rings. The first-order valence-electron chi connectivity index (χ1n) is 14.3. The number of alkyl halides is 3. The van der Waals surface area contributed by atoms with Crippen LogP contribution in [0.1, 0.15) is 59.4 Å². The van der Waals surface area contributed by atoms with E-state index in [0.717, 1.165) is 12.1 Å². The van der Waals surface area contributed by atoms with Crippen molar-refractivity contribution in [2.75, 3.05) is 18.4 Å². The van der Waals surface area contributed by atoms with E-state index in [1.165, 1.54) is 6.07 Å². The summed E-state index contributed by atoms with van der Waals surface area (Å²) in [6.07, 6.45) is -5.08. The SMILES string of the molecule is CC(C)C[C@H](NC(=O)OC(C)(C)C)C(=O)NCC(=O)NC(=O)[C@H](CCCN=C(N)N)Nc1ccc2c(C(F)(F)F)cc(=O)oc2c1. The Balaban J connectivity index is 2.16. The Hall–Kier alpha value is -4.83. The molecule has 0 saturated carbocycles. The molecule has 1 aromatic heterocycles. The average Bonchev–Trinajstić information content (AvgIpc) is 2.90. The van der Waals surface area contributed by atoms with E-state index in [9.17, 15) is 37.1 Å². The van der Waals surface area contributed by atoms with E-state index < -0.39 is 65.4 Å². The van der Waals surface area contributed by atoms with E-state index in [-0.39, 0.29) is 54.3 Å². The minimum Gasteiger partial charge on any atom is -0.444 e. The molecule has 1 aromatic carbocycles. The largest absolute Gasteiger partial charge is 0.444 e. The molecule has 14 nitrogen and oxygen atoms in total. The van der Waals surface area contributed by atoms with Crippen LogP contribution >= 0.6 is 0 Å². The van der Waals surface area contributed by atoms with Crippen molar-refractivity contribution in [1.82, 2.24) is 16.0 Å². The number of nitrogens with one attached hydrogen (secondary N) is 4. The fraction of sp³-hybridized carbons (Fsp3) is 0.517. The molecule has 0 radical (unpaired) electrons. The smallest absolute Gasteiger partial charge is 0.417 e. The molecule has 2 rings (SSSR count). The molecule has 17 heteroatoms. The first kappa shape index (κ1) is 37.4. The third-order valence-corrected chi connectivity index (χ3v) is 6.05. The van der Waals surface area contributed by atoms with Crippen molar-refractivity contribution in [2.24, 2.45) is 22.4 Å². The van der Waals surface area contributed by atoms with Gasteiger partial charge in [-0.3, -0.25) is 24.7 Å². The highest BCUT2D eigenvalue weighted by Gasteiger charge is 2.34. The van der Waals surface area contributed by atoms with E-state index in [4.69, 9.17) is 20.6 Å². The zero-order valence-corrected chi connectivity index (χ0v) is 26.2. The van der Waals surface area contributed by atoms with Crippen molar-refractivity contribution in [2.45, 2.75) is 77.7 Å². The maximum Gasteiger partial charge on any atom is 0.417 e. The Morgan fingerprint density at radius 2 is 1.70 bits per heavy atom. The van der Waals surface area contributed by atoms with E-state index >= 15 is 0 Å². The Labute approximate surface area is 262 Å². The first-order chi connectivity index (χ1) is 21.2. The van der Waals surface area contributed by atoms with Gasteiger partial charge in [-0.1, -0.05) is 13.8 Å². The van der Waals surface area contributed by atoms with Crippen molar-refractivity contribution < 1.29 is 41.5 Å². The Kier molecular flexibility index (Phi) is 12.9. The van der Waals surface area contributed by atoms with Crippen LogP contribution in [-0.4, -0.2) is 60.5 Å². The minimum atomic E-state index is -4.81. The zero-order chi connectivity index (χ0) is 34.8. The molecule has 1 heterocycles. The van der Waals surface area contributed by atoms with Gasteiger partial charge in [-0.05, 0) is 58.1 Å². The maximum absolute atomic E-state index is 13.4. The molecule has 0 aliphatic rings. The molecule has 4 amide bonds. The van der Waals surface area contributed by atoms with Gasteiger partial charge in [0, 0.05) is 29.8 Å². The monoisotopic (exact) mass is 655 g/mol. The molecule has 0 spiro atoms. The molecule has 0 fully saturated rings. The zero-order valence-electron chi connectivity index (χ0n) is 26.2. The number of alkyl carbamates (subject to hydrolysis) is 1. The van der Waals surface area contributed by atoms with Gasteiger partial charge in [-0.25, -0.2) is 9.59 Å². The number of anilines is 1. The lowest BCUT2D eigenvalue weighted by Gasteiger charge is -2.24. The van der Waals surface area contributed by atoms with Crippen LogP contribution < -0.4 is 38.4 Å². The van der Waals surface area contributed by atoms with Gasteiger partial charge in [0.25, 0.3) is 0 Å². The van der Waals surface area contributed by atoms with Crippen LogP contribution in [0, 0.1) is 5.92 Å². The fourth-order valence-corrected chi connectivity index (χ4v) is 4.17. The number of carbonyl (C=O) groups is 4. The number of aliphatic imine (C=N–C) groups is 1. The number of hydrogen-bond acceptors (Lipinski definition) is 9. The number of nitrogens with zero attached hydrogens (tertiary/aromatic N) is 1. The summed E-state index contributed by atoms with van der Waals surface area (Å²) < 4.78 is 50.4. The lowest BCUT2D eigenvalue weighted by molar-refractivity contribution is -0.136. The molecule has 8 N–H and O–H groups in total. The topological polar surface area (TPSA) is 220 Å². The number of ether oxygens (including phenoxy) is 1. The highest BCUT2D eigenvalue weighted by molar-refractivity contribution is 6.01. The summed E-state index contributed by atoms with van der Waals surface area (Å²) in [5.41, 5.74) is 7.21. The number of imide groups is 1.